The molecular formula is C26H19FN4O3S. The van der Waals surface area contributed by atoms with Crippen molar-refractivity contribution in [2.75, 3.05) is 0 Å². The molecule has 9 heteroatoms. The fourth-order valence-electron chi connectivity index (χ4n) is 3.99. The van der Waals surface area contributed by atoms with Gasteiger partial charge in [-0.2, -0.15) is 0 Å². The van der Waals surface area contributed by atoms with Gasteiger partial charge < -0.3 is 9.88 Å². The zero-order valence-electron chi connectivity index (χ0n) is 18.6. The normalized spacial score (nSPS) is 15.8. The molecule has 1 aromatic heterocycles. The summed E-state index contributed by atoms with van der Waals surface area (Å²) in [5.41, 5.74) is 4.42. The third kappa shape index (κ3) is 4.58. The van der Waals surface area contributed by atoms with Gasteiger partial charge in [-0.25, -0.2) is 9.38 Å². The van der Waals surface area contributed by atoms with Crippen molar-refractivity contribution in [3.63, 3.8) is 0 Å². The average Bonchev–Trinajstić information content (AvgIpc) is 3.33. The number of non-ortho nitro benzene ring substituents is 1. The molecule has 7 nitrogen and oxygen atoms in total. The van der Waals surface area contributed by atoms with Gasteiger partial charge in [0.25, 0.3) is 11.6 Å². The molecule has 5 rings (SSSR count). The molecule has 3 aromatic carbocycles. The van der Waals surface area contributed by atoms with Crippen LogP contribution in [0.1, 0.15) is 16.8 Å². The SMILES string of the molecule is Cc1c(/C=C2/SC(=Nc3ccc(F)cc3)NC2=O)c2ccccc2n1Cc1ccc([N+](=O)[O-])cc1. The number of halogens is 1. The Morgan fingerprint density at radius 3 is 2.51 bits per heavy atom. The molecule has 1 aliphatic heterocycles. The number of aromatic nitrogens is 1. The second-order valence-corrected chi connectivity index (χ2v) is 9.01. The maximum Gasteiger partial charge on any atom is 0.269 e. The van der Waals surface area contributed by atoms with Crippen LogP contribution in [-0.2, 0) is 11.3 Å². The topological polar surface area (TPSA) is 89.5 Å². The monoisotopic (exact) mass is 486 g/mol. The predicted octanol–water partition coefficient (Wildman–Crippen LogP) is 5.94. The van der Waals surface area contributed by atoms with E-state index in [1.54, 1.807) is 24.3 Å². The maximum atomic E-state index is 13.2. The number of hydrogen-bond donors (Lipinski definition) is 1. The van der Waals surface area contributed by atoms with E-state index in [9.17, 15) is 19.3 Å². The molecule has 0 atom stereocenters. The lowest BCUT2D eigenvalue weighted by atomic mass is 10.1. The molecule has 1 aliphatic rings. The summed E-state index contributed by atoms with van der Waals surface area (Å²) in [6.07, 6.45) is 1.86. The Kier molecular flexibility index (Phi) is 5.92. The highest BCUT2D eigenvalue weighted by molar-refractivity contribution is 8.18. The molecule has 0 bridgehead atoms. The number of nitro groups is 1. The molecule has 174 valence electrons. The highest BCUT2D eigenvalue weighted by atomic mass is 32.2. The number of carbonyl (C=O) groups is 1. The lowest BCUT2D eigenvalue weighted by molar-refractivity contribution is -0.384. The van der Waals surface area contributed by atoms with E-state index in [1.807, 2.05) is 37.3 Å². The Morgan fingerprint density at radius 1 is 1.09 bits per heavy atom. The van der Waals surface area contributed by atoms with E-state index in [0.717, 1.165) is 27.7 Å². The van der Waals surface area contributed by atoms with E-state index in [4.69, 9.17) is 0 Å². The highest BCUT2D eigenvalue weighted by Gasteiger charge is 2.25. The molecule has 35 heavy (non-hydrogen) atoms. The van der Waals surface area contributed by atoms with Crippen LogP contribution in [0.15, 0.2) is 82.7 Å². The number of aliphatic imine (C=N–C) groups is 1. The van der Waals surface area contributed by atoms with Crippen molar-refractivity contribution in [2.24, 2.45) is 4.99 Å². The molecule has 1 fully saturated rings. The van der Waals surface area contributed by atoms with Gasteiger partial charge in [-0.05, 0) is 60.7 Å². The van der Waals surface area contributed by atoms with E-state index in [-0.39, 0.29) is 17.4 Å². The standard InChI is InChI=1S/C26H19FN4O3S/c1-16-22(14-24-25(32)29-26(35-24)28-19-10-8-18(27)9-11-19)21-4-2-3-5-23(21)30(16)15-17-6-12-20(13-7-17)31(33)34/h2-14H,15H2,1H3,(H,28,29,32)/b24-14+. The number of amidine groups is 1. The van der Waals surface area contributed by atoms with Crippen LogP contribution in [0.4, 0.5) is 15.8 Å². The fourth-order valence-corrected chi connectivity index (χ4v) is 4.82. The lowest BCUT2D eigenvalue weighted by Gasteiger charge is -2.09. The van der Waals surface area contributed by atoms with Crippen LogP contribution >= 0.6 is 11.8 Å². The minimum Gasteiger partial charge on any atom is -0.340 e. The average molecular weight is 487 g/mol. The number of para-hydroxylation sites is 1. The molecular weight excluding hydrogens is 467 g/mol. The molecule has 0 radical (unpaired) electrons. The summed E-state index contributed by atoms with van der Waals surface area (Å²) in [4.78, 5) is 28.1. The van der Waals surface area contributed by atoms with Crippen molar-refractivity contribution < 1.29 is 14.1 Å². The first-order valence-electron chi connectivity index (χ1n) is 10.8. The van der Waals surface area contributed by atoms with Gasteiger partial charge in [-0.1, -0.05) is 30.3 Å². The number of carbonyl (C=O) groups excluding carboxylic acids is 1. The van der Waals surface area contributed by atoms with Crippen molar-refractivity contribution in [2.45, 2.75) is 13.5 Å². The van der Waals surface area contributed by atoms with Gasteiger partial charge in [0.15, 0.2) is 5.17 Å². The quantitative estimate of drug-likeness (QED) is 0.215. The molecule has 0 spiro atoms. The summed E-state index contributed by atoms with van der Waals surface area (Å²) < 4.78 is 15.3. The minimum atomic E-state index is -0.414. The van der Waals surface area contributed by atoms with Crippen LogP contribution in [0.3, 0.4) is 0 Å². The first-order chi connectivity index (χ1) is 16.9. The number of thioether (sulfide) groups is 1. The third-order valence-corrected chi connectivity index (χ3v) is 6.66. The molecule has 2 heterocycles. The van der Waals surface area contributed by atoms with Crippen molar-refractivity contribution in [1.29, 1.82) is 0 Å². The molecule has 0 saturated carbocycles. The van der Waals surface area contributed by atoms with Crippen LogP contribution in [0.5, 0.6) is 0 Å². The number of fused-ring (bicyclic) bond motifs is 1. The summed E-state index contributed by atoms with van der Waals surface area (Å²) in [6, 6.07) is 20.2. The Morgan fingerprint density at radius 2 is 1.80 bits per heavy atom. The third-order valence-electron chi connectivity index (χ3n) is 5.75. The Hall–Kier alpha value is -4.24. The smallest absolute Gasteiger partial charge is 0.269 e. The first-order valence-corrected chi connectivity index (χ1v) is 11.6. The van der Waals surface area contributed by atoms with Crippen LogP contribution in [0, 0.1) is 22.9 Å². The van der Waals surface area contributed by atoms with Crippen LogP contribution in [0.25, 0.3) is 17.0 Å². The van der Waals surface area contributed by atoms with Crippen molar-refractivity contribution in [3.8, 4) is 0 Å². The van der Waals surface area contributed by atoms with Crippen LogP contribution in [0.2, 0.25) is 0 Å². The summed E-state index contributed by atoms with van der Waals surface area (Å²) in [5.74, 6) is -0.597. The Labute approximate surface area is 204 Å². The van der Waals surface area contributed by atoms with Crippen molar-refractivity contribution in [3.05, 3.63) is 110 Å². The van der Waals surface area contributed by atoms with Crippen LogP contribution in [-0.4, -0.2) is 20.6 Å². The van der Waals surface area contributed by atoms with Gasteiger partial charge in [0, 0.05) is 40.8 Å². The number of benzene rings is 3. The van der Waals surface area contributed by atoms with Gasteiger partial charge in [-0.15, -0.1) is 0 Å². The number of amides is 1. The highest BCUT2D eigenvalue weighted by Crippen LogP contribution is 2.33. The van der Waals surface area contributed by atoms with Gasteiger partial charge in [-0.3, -0.25) is 14.9 Å². The Bertz CT molecular complexity index is 1520. The molecule has 0 aliphatic carbocycles. The summed E-state index contributed by atoms with van der Waals surface area (Å²) in [7, 11) is 0. The van der Waals surface area contributed by atoms with E-state index in [1.165, 1.54) is 36.0 Å². The molecule has 1 amide bonds. The van der Waals surface area contributed by atoms with Gasteiger partial charge in [0.05, 0.1) is 15.5 Å². The van der Waals surface area contributed by atoms with E-state index in [0.29, 0.717) is 22.3 Å². The second-order valence-electron chi connectivity index (χ2n) is 7.98. The summed E-state index contributed by atoms with van der Waals surface area (Å²) in [6.45, 7) is 2.52. The van der Waals surface area contributed by atoms with Gasteiger partial charge in [0.1, 0.15) is 5.82 Å². The summed E-state index contributed by atoms with van der Waals surface area (Å²) in [5, 5.41) is 15.2. The first kappa shape index (κ1) is 22.5. The number of nitrogens with zero attached hydrogens (tertiary/aromatic N) is 3. The van der Waals surface area contributed by atoms with Crippen LogP contribution < -0.4 is 5.32 Å². The molecule has 4 aromatic rings. The minimum absolute atomic E-state index is 0.0515. The second kappa shape index (κ2) is 9.19. The zero-order chi connectivity index (χ0) is 24.5. The molecule has 1 saturated heterocycles. The maximum absolute atomic E-state index is 13.2. The molecule has 0 unspecified atom stereocenters. The zero-order valence-corrected chi connectivity index (χ0v) is 19.4. The predicted molar refractivity (Wildman–Crippen MR) is 136 cm³/mol. The van der Waals surface area contributed by atoms with E-state index in [2.05, 4.69) is 14.9 Å². The number of nitro benzene ring substituents is 1. The fraction of sp³-hybridized carbons (Fsp3) is 0.0769. The van der Waals surface area contributed by atoms with E-state index < -0.39 is 4.92 Å². The van der Waals surface area contributed by atoms with Crippen molar-refractivity contribution >= 4 is 51.2 Å². The van der Waals surface area contributed by atoms with Gasteiger partial charge >= 0.3 is 0 Å². The Balaban J connectivity index is 1.49. The number of hydrogen-bond acceptors (Lipinski definition) is 5. The summed E-state index contributed by atoms with van der Waals surface area (Å²) >= 11 is 1.23. The van der Waals surface area contributed by atoms with Gasteiger partial charge in [0.2, 0.25) is 0 Å². The van der Waals surface area contributed by atoms with E-state index >= 15 is 0 Å². The number of nitrogens with one attached hydrogen (secondary N) is 1. The molecule has 1 N–H and O–H groups in total. The van der Waals surface area contributed by atoms with Crippen molar-refractivity contribution in [1.82, 2.24) is 9.88 Å². The largest absolute Gasteiger partial charge is 0.340 e. The lowest BCUT2D eigenvalue weighted by Crippen LogP contribution is -2.19. The number of rotatable bonds is 5.